The molecule has 0 bridgehead atoms. The van der Waals surface area contributed by atoms with Crippen LogP contribution in [0, 0.1) is 5.92 Å². The number of hydrogen-bond donors (Lipinski definition) is 2. The van der Waals surface area contributed by atoms with Crippen LogP contribution in [0.15, 0.2) is 52.0 Å². The van der Waals surface area contributed by atoms with E-state index in [1.165, 1.54) is 0 Å². The highest BCUT2D eigenvalue weighted by Crippen LogP contribution is 2.28. The van der Waals surface area contributed by atoms with E-state index in [4.69, 9.17) is 16.0 Å². The van der Waals surface area contributed by atoms with Gasteiger partial charge in [0.2, 0.25) is 5.91 Å². The van der Waals surface area contributed by atoms with Gasteiger partial charge in [0.15, 0.2) is 5.58 Å². The fraction of sp³-hybridized carbons (Fsp3) is 0.167. The average molecular weight is 355 g/mol. The highest BCUT2D eigenvalue weighted by molar-refractivity contribution is 6.33. The minimum Gasteiger partial charge on any atom is -0.423 e. The Morgan fingerprint density at radius 2 is 2.12 bits per heavy atom. The molecule has 3 aromatic rings. The van der Waals surface area contributed by atoms with Crippen LogP contribution in [0.25, 0.3) is 11.1 Å². The van der Waals surface area contributed by atoms with Crippen molar-refractivity contribution in [2.45, 2.75) is 13.3 Å². The number of amides is 1. The van der Waals surface area contributed by atoms with Crippen LogP contribution in [0.2, 0.25) is 5.02 Å². The third kappa shape index (κ3) is 3.08. The standard InChI is InChI=1S/C18H15ClN4O2/c1-10-8-16(24)22-23-17(10)11-6-7-15-14(9-11)21-18(25-15)20-13-5-3-2-4-12(13)19/h2-7,9-10H,8H2,1H3,(H,20,21)(H,22,24). The quantitative estimate of drug-likeness (QED) is 0.742. The highest BCUT2D eigenvalue weighted by atomic mass is 35.5. The summed E-state index contributed by atoms with van der Waals surface area (Å²) in [6, 6.07) is 13.4. The number of oxazole rings is 1. The number of nitrogens with one attached hydrogen (secondary N) is 2. The van der Waals surface area contributed by atoms with Crippen molar-refractivity contribution in [2.24, 2.45) is 11.0 Å². The van der Waals surface area contributed by atoms with E-state index in [0.717, 1.165) is 17.0 Å². The van der Waals surface area contributed by atoms with Crippen molar-refractivity contribution in [3.8, 4) is 0 Å². The number of fused-ring (bicyclic) bond motifs is 1. The molecule has 2 aromatic carbocycles. The maximum atomic E-state index is 11.4. The molecule has 0 radical (unpaired) electrons. The number of hydrogen-bond acceptors (Lipinski definition) is 5. The van der Waals surface area contributed by atoms with E-state index in [-0.39, 0.29) is 11.8 Å². The van der Waals surface area contributed by atoms with E-state index in [1.807, 2.05) is 43.3 Å². The van der Waals surface area contributed by atoms with E-state index < -0.39 is 0 Å². The van der Waals surface area contributed by atoms with E-state index in [1.54, 1.807) is 6.07 Å². The summed E-state index contributed by atoms with van der Waals surface area (Å²) in [7, 11) is 0. The zero-order valence-corrected chi connectivity index (χ0v) is 14.2. The molecule has 1 aromatic heterocycles. The molecule has 7 heteroatoms. The van der Waals surface area contributed by atoms with Gasteiger partial charge in [0, 0.05) is 17.9 Å². The lowest BCUT2D eigenvalue weighted by atomic mass is 9.94. The van der Waals surface area contributed by atoms with Crippen molar-refractivity contribution < 1.29 is 9.21 Å². The molecule has 2 N–H and O–H groups in total. The molecule has 0 saturated heterocycles. The summed E-state index contributed by atoms with van der Waals surface area (Å²) in [6.07, 6.45) is 0.426. The largest absolute Gasteiger partial charge is 0.423 e. The first-order valence-corrected chi connectivity index (χ1v) is 8.27. The second-order valence-electron chi connectivity index (χ2n) is 5.94. The Balaban J connectivity index is 1.66. The lowest BCUT2D eigenvalue weighted by Gasteiger charge is -2.18. The SMILES string of the molecule is CC1CC(=O)NN=C1c1ccc2oc(Nc3ccccc3Cl)nc2c1. The minimum absolute atomic E-state index is 0.0545. The van der Waals surface area contributed by atoms with E-state index in [0.29, 0.717) is 28.6 Å². The van der Waals surface area contributed by atoms with Gasteiger partial charge < -0.3 is 9.73 Å². The van der Waals surface area contributed by atoms with Crippen molar-refractivity contribution in [3.63, 3.8) is 0 Å². The Bertz CT molecular complexity index is 996. The zero-order valence-electron chi connectivity index (χ0n) is 13.4. The average Bonchev–Trinajstić information content (AvgIpc) is 2.98. The predicted molar refractivity (Wildman–Crippen MR) is 97.2 cm³/mol. The van der Waals surface area contributed by atoms with Crippen molar-refractivity contribution >= 4 is 46.0 Å². The molecule has 1 aliphatic heterocycles. The van der Waals surface area contributed by atoms with Crippen molar-refractivity contribution in [1.82, 2.24) is 10.4 Å². The number of carbonyl (C=O) groups excluding carboxylic acids is 1. The Morgan fingerprint density at radius 1 is 1.28 bits per heavy atom. The molecule has 6 nitrogen and oxygen atoms in total. The van der Waals surface area contributed by atoms with Crippen LogP contribution >= 0.6 is 11.6 Å². The zero-order chi connectivity index (χ0) is 17.4. The molecule has 1 unspecified atom stereocenters. The summed E-state index contributed by atoms with van der Waals surface area (Å²) in [5.41, 5.74) is 6.38. The van der Waals surface area contributed by atoms with Gasteiger partial charge in [0.25, 0.3) is 6.01 Å². The summed E-state index contributed by atoms with van der Waals surface area (Å²) in [5, 5.41) is 7.85. The lowest BCUT2D eigenvalue weighted by molar-refractivity contribution is -0.121. The van der Waals surface area contributed by atoms with Crippen LogP contribution in [0.3, 0.4) is 0 Å². The van der Waals surface area contributed by atoms with Gasteiger partial charge in [-0.3, -0.25) is 4.79 Å². The second kappa shape index (κ2) is 6.22. The monoisotopic (exact) mass is 354 g/mol. The van der Waals surface area contributed by atoms with Gasteiger partial charge in [-0.05, 0) is 30.3 Å². The number of aromatic nitrogens is 1. The lowest BCUT2D eigenvalue weighted by Crippen LogP contribution is -2.31. The number of nitrogens with zero attached hydrogens (tertiary/aromatic N) is 2. The number of halogens is 1. The molecule has 1 atom stereocenters. The van der Waals surface area contributed by atoms with Crippen LogP contribution < -0.4 is 10.7 Å². The van der Waals surface area contributed by atoms with Crippen LogP contribution in [-0.4, -0.2) is 16.6 Å². The van der Waals surface area contributed by atoms with Crippen LogP contribution in [0.4, 0.5) is 11.7 Å². The molecule has 126 valence electrons. The van der Waals surface area contributed by atoms with Gasteiger partial charge in [0.05, 0.1) is 16.4 Å². The Kier molecular flexibility index (Phi) is 3.89. The molecule has 2 heterocycles. The number of anilines is 2. The topological polar surface area (TPSA) is 79.5 Å². The van der Waals surface area contributed by atoms with Crippen LogP contribution in [0.5, 0.6) is 0 Å². The molecular weight excluding hydrogens is 340 g/mol. The van der Waals surface area contributed by atoms with E-state index >= 15 is 0 Å². The van der Waals surface area contributed by atoms with Crippen molar-refractivity contribution in [2.75, 3.05) is 5.32 Å². The van der Waals surface area contributed by atoms with Crippen molar-refractivity contribution in [1.29, 1.82) is 0 Å². The normalized spacial score (nSPS) is 17.3. The smallest absolute Gasteiger partial charge is 0.300 e. The maximum absolute atomic E-state index is 11.4. The van der Waals surface area contributed by atoms with Gasteiger partial charge in [0.1, 0.15) is 5.52 Å². The minimum atomic E-state index is -0.0648. The number of hydrazone groups is 1. The third-order valence-electron chi connectivity index (χ3n) is 4.06. The number of benzene rings is 2. The number of para-hydroxylation sites is 1. The molecular formula is C18H15ClN4O2. The molecule has 0 fully saturated rings. The van der Waals surface area contributed by atoms with Crippen LogP contribution in [0.1, 0.15) is 18.9 Å². The van der Waals surface area contributed by atoms with E-state index in [9.17, 15) is 4.79 Å². The fourth-order valence-corrected chi connectivity index (χ4v) is 3.00. The molecule has 4 rings (SSSR count). The number of rotatable bonds is 3. The van der Waals surface area contributed by atoms with Crippen molar-refractivity contribution in [3.05, 3.63) is 53.1 Å². The first kappa shape index (κ1) is 15.7. The summed E-state index contributed by atoms with van der Waals surface area (Å²) in [6.45, 7) is 1.98. The number of carbonyl (C=O) groups is 1. The molecule has 0 spiro atoms. The van der Waals surface area contributed by atoms with Gasteiger partial charge in [-0.1, -0.05) is 30.7 Å². The highest BCUT2D eigenvalue weighted by Gasteiger charge is 2.22. The predicted octanol–water partition coefficient (Wildman–Crippen LogP) is 4.08. The second-order valence-corrected chi connectivity index (χ2v) is 6.35. The summed E-state index contributed by atoms with van der Waals surface area (Å²) >= 11 is 6.15. The molecule has 25 heavy (non-hydrogen) atoms. The summed E-state index contributed by atoms with van der Waals surface area (Å²) in [4.78, 5) is 15.9. The molecule has 1 aliphatic rings. The van der Waals surface area contributed by atoms with Gasteiger partial charge in [-0.15, -0.1) is 0 Å². The Morgan fingerprint density at radius 3 is 2.92 bits per heavy atom. The summed E-state index contributed by atoms with van der Waals surface area (Å²) in [5.74, 6) is -0.0104. The Labute approximate surface area is 148 Å². The van der Waals surface area contributed by atoms with Crippen LogP contribution in [-0.2, 0) is 4.79 Å². The summed E-state index contributed by atoms with van der Waals surface area (Å²) < 4.78 is 5.72. The van der Waals surface area contributed by atoms with Gasteiger partial charge >= 0.3 is 0 Å². The first-order valence-electron chi connectivity index (χ1n) is 7.89. The van der Waals surface area contributed by atoms with Gasteiger partial charge in [-0.2, -0.15) is 10.1 Å². The maximum Gasteiger partial charge on any atom is 0.300 e. The molecule has 1 amide bonds. The fourth-order valence-electron chi connectivity index (χ4n) is 2.82. The molecule has 0 aliphatic carbocycles. The van der Waals surface area contributed by atoms with Gasteiger partial charge in [-0.25, -0.2) is 5.43 Å². The third-order valence-corrected chi connectivity index (χ3v) is 4.39. The Hall–Kier alpha value is -2.86. The first-order chi connectivity index (χ1) is 12.1. The van der Waals surface area contributed by atoms with E-state index in [2.05, 4.69) is 20.8 Å². The molecule has 0 saturated carbocycles.